The van der Waals surface area contributed by atoms with Crippen molar-refractivity contribution in [1.82, 2.24) is 9.80 Å². The van der Waals surface area contributed by atoms with Gasteiger partial charge in [-0.05, 0) is 46.5 Å². The molecule has 0 saturated carbocycles. The molecule has 1 aliphatic rings. The Morgan fingerprint density at radius 3 is 2.64 bits per heavy atom. The standard InChI is InChI=1S/C19H21BrN2O2S/c1-21(13-15-10-11-16(20)25-15)19(24)18(14-7-3-2-4-8-14)22-12-6-5-9-17(22)23/h2-4,7-8,10-11,18H,5-6,9,12-13H2,1H3. The topological polar surface area (TPSA) is 40.6 Å². The lowest BCUT2D eigenvalue weighted by Crippen LogP contribution is -2.46. The first-order chi connectivity index (χ1) is 12.1. The molecule has 0 spiro atoms. The summed E-state index contributed by atoms with van der Waals surface area (Å²) in [6, 6.07) is 13.1. The molecule has 1 aromatic heterocycles. The Labute approximate surface area is 160 Å². The van der Waals surface area contributed by atoms with E-state index < -0.39 is 6.04 Å². The van der Waals surface area contributed by atoms with Gasteiger partial charge in [-0.2, -0.15) is 0 Å². The number of carbonyl (C=O) groups is 2. The molecular weight excluding hydrogens is 400 g/mol. The van der Waals surface area contributed by atoms with E-state index in [2.05, 4.69) is 15.9 Å². The first-order valence-electron chi connectivity index (χ1n) is 8.40. The highest BCUT2D eigenvalue weighted by Gasteiger charge is 2.34. The fourth-order valence-corrected chi connectivity index (χ4v) is 4.68. The molecule has 1 atom stereocenters. The molecule has 2 amide bonds. The maximum atomic E-state index is 13.2. The summed E-state index contributed by atoms with van der Waals surface area (Å²) < 4.78 is 1.05. The molecule has 25 heavy (non-hydrogen) atoms. The number of hydrogen-bond acceptors (Lipinski definition) is 3. The molecule has 6 heteroatoms. The molecule has 132 valence electrons. The van der Waals surface area contributed by atoms with E-state index in [1.165, 1.54) is 0 Å². The van der Waals surface area contributed by atoms with E-state index in [4.69, 9.17) is 0 Å². The monoisotopic (exact) mass is 420 g/mol. The molecule has 1 aromatic carbocycles. The largest absolute Gasteiger partial charge is 0.339 e. The van der Waals surface area contributed by atoms with Gasteiger partial charge in [0.05, 0.1) is 10.3 Å². The van der Waals surface area contributed by atoms with E-state index in [0.717, 1.165) is 27.1 Å². The molecule has 4 nitrogen and oxygen atoms in total. The van der Waals surface area contributed by atoms with Gasteiger partial charge in [-0.1, -0.05) is 30.3 Å². The molecule has 0 aliphatic carbocycles. The van der Waals surface area contributed by atoms with Crippen molar-refractivity contribution in [2.24, 2.45) is 0 Å². The minimum absolute atomic E-state index is 0.0361. The highest BCUT2D eigenvalue weighted by molar-refractivity contribution is 9.11. The lowest BCUT2D eigenvalue weighted by molar-refractivity contribution is -0.147. The molecule has 1 fully saturated rings. The van der Waals surface area contributed by atoms with Crippen LogP contribution in [0.5, 0.6) is 0 Å². The number of carbonyl (C=O) groups excluding carboxylic acids is 2. The number of benzene rings is 1. The van der Waals surface area contributed by atoms with Crippen LogP contribution in [0.3, 0.4) is 0 Å². The minimum atomic E-state index is -0.539. The maximum Gasteiger partial charge on any atom is 0.250 e. The SMILES string of the molecule is CN(Cc1ccc(Br)s1)C(=O)C(c1ccccc1)N1CCCCC1=O. The normalized spacial score (nSPS) is 15.9. The molecule has 2 heterocycles. The first kappa shape index (κ1) is 18.1. The number of nitrogens with zero attached hydrogens (tertiary/aromatic N) is 2. The molecule has 2 aromatic rings. The molecule has 1 unspecified atom stereocenters. The van der Waals surface area contributed by atoms with Gasteiger partial charge in [0.15, 0.2) is 0 Å². The number of piperidine rings is 1. The van der Waals surface area contributed by atoms with Gasteiger partial charge in [0, 0.05) is 24.9 Å². The molecule has 0 bridgehead atoms. The zero-order valence-electron chi connectivity index (χ0n) is 14.2. The molecular formula is C19H21BrN2O2S. The van der Waals surface area contributed by atoms with Crippen LogP contribution in [0.2, 0.25) is 0 Å². The van der Waals surface area contributed by atoms with Gasteiger partial charge in [-0.3, -0.25) is 9.59 Å². The number of amides is 2. The zero-order valence-corrected chi connectivity index (χ0v) is 16.6. The average molecular weight is 421 g/mol. The second-order valence-corrected chi connectivity index (χ2v) is 8.81. The Bertz CT molecular complexity index is 747. The van der Waals surface area contributed by atoms with Crippen molar-refractivity contribution < 1.29 is 9.59 Å². The van der Waals surface area contributed by atoms with Crippen LogP contribution in [0.4, 0.5) is 0 Å². The van der Waals surface area contributed by atoms with Gasteiger partial charge in [0.2, 0.25) is 11.8 Å². The van der Waals surface area contributed by atoms with E-state index in [9.17, 15) is 9.59 Å². The lowest BCUT2D eigenvalue weighted by Gasteiger charge is -2.36. The lowest BCUT2D eigenvalue weighted by atomic mass is 10.00. The number of halogens is 1. The van der Waals surface area contributed by atoms with Crippen molar-refractivity contribution in [3.05, 3.63) is 56.7 Å². The number of likely N-dealkylation sites (tertiary alicyclic amines) is 1. The van der Waals surface area contributed by atoms with Crippen LogP contribution in [0, 0.1) is 0 Å². The summed E-state index contributed by atoms with van der Waals surface area (Å²) in [5.74, 6) is 0.0340. The number of rotatable bonds is 5. The van der Waals surface area contributed by atoms with E-state index >= 15 is 0 Å². The van der Waals surface area contributed by atoms with Gasteiger partial charge >= 0.3 is 0 Å². The predicted molar refractivity (Wildman–Crippen MR) is 103 cm³/mol. The summed E-state index contributed by atoms with van der Waals surface area (Å²) >= 11 is 5.08. The van der Waals surface area contributed by atoms with Crippen LogP contribution in [0.1, 0.15) is 35.7 Å². The Balaban J connectivity index is 1.85. The third-order valence-electron chi connectivity index (χ3n) is 4.42. The van der Waals surface area contributed by atoms with Crippen molar-refractivity contribution in [3.8, 4) is 0 Å². The Morgan fingerprint density at radius 1 is 1.24 bits per heavy atom. The van der Waals surface area contributed by atoms with Crippen molar-refractivity contribution in [1.29, 1.82) is 0 Å². The van der Waals surface area contributed by atoms with E-state index in [1.807, 2.05) is 42.5 Å². The number of thiophene rings is 1. The minimum Gasteiger partial charge on any atom is -0.339 e. The molecule has 1 aliphatic heterocycles. The van der Waals surface area contributed by atoms with Crippen LogP contribution in [0.15, 0.2) is 46.3 Å². The second kappa shape index (κ2) is 8.15. The average Bonchev–Trinajstić information content (AvgIpc) is 3.02. The first-order valence-corrected chi connectivity index (χ1v) is 10.0. The van der Waals surface area contributed by atoms with Crippen LogP contribution >= 0.6 is 27.3 Å². The Morgan fingerprint density at radius 2 is 2.00 bits per heavy atom. The number of likely N-dealkylation sites (N-methyl/N-ethyl adjacent to an activating group) is 1. The summed E-state index contributed by atoms with van der Waals surface area (Å²) in [6.07, 6.45) is 2.38. The molecule has 0 N–H and O–H groups in total. The maximum absolute atomic E-state index is 13.2. The summed E-state index contributed by atoms with van der Waals surface area (Å²) in [5, 5.41) is 0. The van der Waals surface area contributed by atoms with Gasteiger partial charge in [0.25, 0.3) is 0 Å². The zero-order chi connectivity index (χ0) is 17.8. The van der Waals surface area contributed by atoms with Crippen molar-refractivity contribution in [2.45, 2.75) is 31.8 Å². The highest BCUT2D eigenvalue weighted by atomic mass is 79.9. The van der Waals surface area contributed by atoms with Crippen LogP contribution in [0.25, 0.3) is 0 Å². The molecule has 3 rings (SSSR count). The van der Waals surface area contributed by atoms with Gasteiger partial charge in [0.1, 0.15) is 6.04 Å². The number of hydrogen-bond donors (Lipinski definition) is 0. The second-order valence-electron chi connectivity index (χ2n) is 6.26. The summed E-state index contributed by atoms with van der Waals surface area (Å²) in [7, 11) is 1.81. The van der Waals surface area contributed by atoms with E-state index in [0.29, 0.717) is 19.5 Å². The molecule has 0 radical (unpaired) electrons. The Hall–Kier alpha value is -1.66. The van der Waals surface area contributed by atoms with E-state index in [1.54, 1.807) is 28.2 Å². The third kappa shape index (κ3) is 4.30. The fourth-order valence-electron chi connectivity index (χ4n) is 3.15. The third-order valence-corrected chi connectivity index (χ3v) is 6.03. The van der Waals surface area contributed by atoms with Gasteiger partial charge in [-0.15, -0.1) is 11.3 Å². The fraction of sp³-hybridized carbons (Fsp3) is 0.368. The van der Waals surface area contributed by atoms with Crippen LogP contribution in [-0.4, -0.2) is 35.2 Å². The summed E-state index contributed by atoms with van der Waals surface area (Å²) in [6.45, 7) is 1.18. The molecule has 1 saturated heterocycles. The smallest absolute Gasteiger partial charge is 0.250 e. The van der Waals surface area contributed by atoms with Crippen molar-refractivity contribution in [3.63, 3.8) is 0 Å². The van der Waals surface area contributed by atoms with Crippen molar-refractivity contribution in [2.75, 3.05) is 13.6 Å². The van der Waals surface area contributed by atoms with Crippen molar-refractivity contribution >= 4 is 39.1 Å². The highest BCUT2D eigenvalue weighted by Crippen LogP contribution is 2.29. The quantitative estimate of drug-likeness (QED) is 0.725. The predicted octanol–water partition coefficient (Wildman–Crippen LogP) is 4.22. The van der Waals surface area contributed by atoms with Gasteiger partial charge < -0.3 is 9.80 Å². The van der Waals surface area contributed by atoms with Crippen LogP contribution in [-0.2, 0) is 16.1 Å². The summed E-state index contributed by atoms with van der Waals surface area (Å²) in [4.78, 5) is 30.3. The van der Waals surface area contributed by atoms with Crippen LogP contribution < -0.4 is 0 Å². The van der Waals surface area contributed by atoms with Gasteiger partial charge in [-0.25, -0.2) is 0 Å². The van der Waals surface area contributed by atoms with E-state index in [-0.39, 0.29) is 11.8 Å². The Kier molecular flexibility index (Phi) is 5.91. The summed E-state index contributed by atoms with van der Waals surface area (Å²) in [5.41, 5.74) is 0.877.